The van der Waals surface area contributed by atoms with Gasteiger partial charge < -0.3 is 9.80 Å². The molecule has 0 aromatic heterocycles. The molecular formula is C18H23FN2O4S. The van der Waals surface area contributed by atoms with Crippen molar-refractivity contribution in [3.8, 4) is 0 Å². The molecule has 0 spiro atoms. The molecule has 3 rings (SSSR count). The fourth-order valence-electron chi connectivity index (χ4n) is 3.71. The van der Waals surface area contributed by atoms with Crippen LogP contribution in [0.4, 0.5) is 4.39 Å². The number of nitrogens with zero attached hydrogens (tertiary/aromatic N) is 2. The van der Waals surface area contributed by atoms with Crippen LogP contribution in [-0.2, 0) is 19.4 Å². The third-order valence-corrected chi connectivity index (χ3v) is 7.19. The maximum absolute atomic E-state index is 13.1. The Morgan fingerprint density at radius 2 is 1.96 bits per heavy atom. The molecule has 8 heteroatoms. The third-order valence-electron chi connectivity index (χ3n) is 5.44. The van der Waals surface area contributed by atoms with Gasteiger partial charge in [0.25, 0.3) is 0 Å². The van der Waals surface area contributed by atoms with E-state index in [1.165, 1.54) is 12.1 Å². The summed E-state index contributed by atoms with van der Waals surface area (Å²) in [4.78, 5) is 28.2. The van der Waals surface area contributed by atoms with Gasteiger partial charge in [-0.05, 0) is 31.0 Å². The first-order chi connectivity index (χ1) is 12.2. The third kappa shape index (κ3) is 3.75. The second kappa shape index (κ2) is 6.98. The largest absolute Gasteiger partial charge is 0.339 e. The SMILES string of the molecule is C[C@H](c1ccc(F)cc1)N(C)C(=O)[C@H]1CC(=O)N([C@@H]2CCS(=O)(=O)C2)C1. The predicted octanol–water partition coefficient (Wildman–Crippen LogP) is 1.38. The summed E-state index contributed by atoms with van der Waals surface area (Å²) in [5, 5.41) is 0. The minimum atomic E-state index is -3.08. The predicted molar refractivity (Wildman–Crippen MR) is 94.5 cm³/mol. The lowest BCUT2D eigenvalue weighted by atomic mass is 10.0. The van der Waals surface area contributed by atoms with E-state index in [9.17, 15) is 22.4 Å². The van der Waals surface area contributed by atoms with Crippen molar-refractivity contribution in [3.05, 3.63) is 35.6 Å². The second-order valence-electron chi connectivity index (χ2n) is 7.18. The Hall–Kier alpha value is -1.96. The number of carbonyl (C=O) groups is 2. The number of sulfone groups is 1. The van der Waals surface area contributed by atoms with Crippen molar-refractivity contribution in [1.29, 1.82) is 0 Å². The number of rotatable bonds is 4. The monoisotopic (exact) mass is 382 g/mol. The van der Waals surface area contributed by atoms with E-state index in [4.69, 9.17) is 0 Å². The topological polar surface area (TPSA) is 74.8 Å². The summed E-state index contributed by atoms with van der Waals surface area (Å²) >= 11 is 0. The van der Waals surface area contributed by atoms with Crippen LogP contribution in [0.1, 0.15) is 31.4 Å². The zero-order valence-electron chi connectivity index (χ0n) is 14.9. The van der Waals surface area contributed by atoms with Crippen LogP contribution < -0.4 is 0 Å². The van der Waals surface area contributed by atoms with E-state index in [-0.39, 0.29) is 54.2 Å². The highest BCUT2D eigenvalue weighted by Crippen LogP contribution is 2.29. The maximum atomic E-state index is 13.1. The highest BCUT2D eigenvalue weighted by Gasteiger charge is 2.42. The van der Waals surface area contributed by atoms with Gasteiger partial charge in [-0.25, -0.2) is 12.8 Å². The van der Waals surface area contributed by atoms with Gasteiger partial charge >= 0.3 is 0 Å². The van der Waals surface area contributed by atoms with Crippen LogP contribution in [0.3, 0.4) is 0 Å². The average molecular weight is 382 g/mol. The lowest BCUT2D eigenvalue weighted by Crippen LogP contribution is -2.39. The van der Waals surface area contributed by atoms with E-state index in [0.717, 1.165) is 5.56 Å². The number of halogens is 1. The molecule has 3 atom stereocenters. The number of amides is 2. The molecule has 2 aliphatic heterocycles. The first kappa shape index (κ1) is 18.8. The maximum Gasteiger partial charge on any atom is 0.228 e. The van der Waals surface area contributed by atoms with Gasteiger partial charge in [0, 0.05) is 26.1 Å². The second-order valence-corrected chi connectivity index (χ2v) is 9.41. The molecule has 0 saturated carbocycles. The molecule has 0 unspecified atom stereocenters. The molecule has 2 amide bonds. The van der Waals surface area contributed by atoms with Crippen LogP contribution in [0.5, 0.6) is 0 Å². The summed E-state index contributed by atoms with van der Waals surface area (Å²) in [5.74, 6) is -1.03. The van der Waals surface area contributed by atoms with Gasteiger partial charge in [0.1, 0.15) is 5.82 Å². The lowest BCUT2D eigenvalue weighted by molar-refractivity contribution is -0.136. The summed E-state index contributed by atoms with van der Waals surface area (Å²) in [5.41, 5.74) is 0.810. The number of benzene rings is 1. The lowest BCUT2D eigenvalue weighted by Gasteiger charge is -2.28. The number of likely N-dealkylation sites (tertiary alicyclic amines) is 1. The molecule has 1 aromatic rings. The molecule has 6 nitrogen and oxygen atoms in total. The van der Waals surface area contributed by atoms with Gasteiger partial charge in [-0.2, -0.15) is 0 Å². The molecule has 2 saturated heterocycles. The van der Waals surface area contributed by atoms with Gasteiger partial charge in [-0.3, -0.25) is 9.59 Å². The zero-order valence-corrected chi connectivity index (χ0v) is 15.7. The summed E-state index contributed by atoms with van der Waals surface area (Å²) in [6.45, 7) is 2.11. The van der Waals surface area contributed by atoms with Crippen molar-refractivity contribution < 1.29 is 22.4 Å². The van der Waals surface area contributed by atoms with Gasteiger partial charge in [-0.1, -0.05) is 12.1 Å². The van der Waals surface area contributed by atoms with Crippen molar-refractivity contribution in [2.24, 2.45) is 5.92 Å². The standard InChI is InChI=1S/C18H23FN2O4S/c1-12(13-3-5-15(19)6-4-13)20(2)18(23)14-9-17(22)21(10-14)16-7-8-26(24,25)11-16/h3-6,12,14,16H,7-11H2,1-2H3/t12-,14+,16-/m1/s1. The molecule has 0 bridgehead atoms. The molecule has 142 valence electrons. The van der Waals surface area contributed by atoms with Crippen LogP contribution >= 0.6 is 0 Å². The molecule has 2 aliphatic rings. The Bertz CT molecular complexity index is 809. The van der Waals surface area contributed by atoms with Crippen molar-refractivity contribution >= 4 is 21.7 Å². The van der Waals surface area contributed by atoms with E-state index in [2.05, 4.69) is 0 Å². The van der Waals surface area contributed by atoms with Crippen LogP contribution in [0.2, 0.25) is 0 Å². The van der Waals surface area contributed by atoms with Gasteiger partial charge in [0.05, 0.1) is 23.5 Å². The molecule has 2 fully saturated rings. The van der Waals surface area contributed by atoms with Gasteiger partial charge in [0.15, 0.2) is 9.84 Å². The minimum Gasteiger partial charge on any atom is -0.339 e. The Kier molecular flexibility index (Phi) is 5.05. The Morgan fingerprint density at radius 3 is 2.54 bits per heavy atom. The summed E-state index contributed by atoms with van der Waals surface area (Å²) in [6.07, 6.45) is 0.548. The van der Waals surface area contributed by atoms with Crippen molar-refractivity contribution in [3.63, 3.8) is 0 Å². The Balaban J connectivity index is 1.66. The summed E-state index contributed by atoms with van der Waals surface area (Å²) in [7, 11) is -1.41. The smallest absolute Gasteiger partial charge is 0.228 e. The van der Waals surface area contributed by atoms with E-state index in [1.54, 1.807) is 29.0 Å². The molecule has 2 heterocycles. The van der Waals surface area contributed by atoms with Gasteiger partial charge in [0.2, 0.25) is 11.8 Å². The number of hydrogen-bond donors (Lipinski definition) is 0. The van der Waals surface area contributed by atoms with E-state index >= 15 is 0 Å². The molecule has 26 heavy (non-hydrogen) atoms. The van der Waals surface area contributed by atoms with Gasteiger partial charge in [-0.15, -0.1) is 0 Å². The van der Waals surface area contributed by atoms with Crippen LogP contribution in [0, 0.1) is 11.7 Å². The fourth-order valence-corrected chi connectivity index (χ4v) is 5.45. The van der Waals surface area contributed by atoms with Crippen LogP contribution in [-0.4, -0.2) is 61.2 Å². The summed E-state index contributed by atoms with van der Waals surface area (Å²) in [6, 6.07) is 5.42. The summed E-state index contributed by atoms with van der Waals surface area (Å²) < 4.78 is 36.4. The number of carbonyl (C=O) groups excluding carboxylic acids is 2. The highest BCUT2D eigenvalue weighted by atomic mass is 32.2. The van der Waals surface area contributed by atoms with Crippen molar-refractivity contribution in [1.82, 2.24) is 9.80 Å². The number of hydrogen-bond acceptors (Lipinski definition) is 4. The molecule has 0 N–H and O–H groups in total. The molecule has 0 aliphatic carbocycles. The van der Waals surface area contributed by atoms with E-state index < -0.39 is 15.8 Å². The van der Waals surface area contributed by atoms with Crippen molar-refractivity contribution in [2.45, 2.75) is 31.8 Å². The molecular weight excluding hydrogens is 359 g/mol. The van der Waals surface area contributed by atoms with E-state index in [0.29, 0.717) is 6.42 Å². The average Bonchev–Trinajstić information content (AvgIpc) is 3.15. The molecule has 1 aromatic carbocycles. The minimum absolute atomic E-state index is 0.0124. The quantitative estimate of drug-likeness (QED) is 0.789. The first-order valence-corrected chi connectivity index (χ1v) is 10.5. The Labute approximate surface area is 152 Å². The Morgan fingerprint density at radius 1 is 1.31 bits per heavy atom. The fraction of sp³-hybridized carbons (Fsp3) is 0.556. The first-order valence-electron chi connectivity index (χ1n) is 8.70. The van der Waals surface area contributed by atoms with Crippen LogP contribution in [0.15, 0.2) is 24.3 Å². The molecule has 0 radical (unpaired) electrons. The normalized spacial score (nSPS) is 26.1. The van der Waals surface area contributed by atoms with Crippen LogP contribution in [0.25, 0.3) is 0 Å². The van der Waals surface area contributed by atoms with Crippen molar-refractivity contribution in [2.75, 3.05) is 25.1 Å². The zero-order chi connectivity index (χ0) is 19.1. The van der Waals surface area contributed by atoms with E-state index in [1.807, 2.05) is 6.92 Å². The highest BCUT2D eigenvalue weighted by molar-refractivity contribution is 7.91.